The molecular weight excluding hydrogens is 134 g/mol. The van der Waals surface area contributed by atoms with Crippen LogP contribution in [0.4, 0.5) is 0 Å². The Bertz CT molecular complexity index is 217. The Morgan fingerprint density at radius 1 is 1.10 bits per heavy atom. The maximum absolute atomic E-state index is 10.7. The Balaban J connectivity index is 3.11. The summed E-state index contributed by atoms with van der Waals surface area (Å²) >= 11 is 0. The molecule has 0 aromatic carbocycles. The van der Waals surface area contributed by atoms with Crippen molar-refractivity contribution in [3.05, 3.63) is 11.1 Å². The Morgan fingerprint density at radius 3 is 1.50 bits per heavy atom. The van der Waals surface area contributed by atoms with Crippen molar-refractivity contribution in [1.29, 1.82) is 0 Å². The van der Waals surface area contributed by atoms with Crippen LogP contribution < -0.4 is 5.06 Å². The Labute approximate surface area is 57.7 Å². The highest BCUT2D eigenvalue weighted by Gasteiger charge is 2.46. The van der Waals surface area contributed by atoms with Crippen LogP contribution in [0, 0.1) is 0 Å². The zero-order chi connectivity index (χ0) is 7.89. The first kappa shape index (κ1) is 7.11. The Kier molecular flexibility index (Phi) is 1.42. The highest BCUT2D eigenvalue weighted by atomic mass is 16.5. The van der Waals surface area contributed by atoms with Crippen LogP contribution in [0.2, 0.25) is 0 Å². The van der Waals surface area contributed by atoms with Gasteiger partial charge >= 0.3 is 11.8 Å². The van der Waals surface area contributed by atoms with Crippen LogP contribution in [0.15, 0.2) is 11.1 Å². The van der Waals surface area contributed by atoms with E-state index in [0.717, 1.165) is 0 Å². The van der Waals surface area contributed by atoms with Gasteiger partial charge in [-0.2, -0.15) is 0 Å². The normalized spacial score (nSPS) is 21.1. The molecule has 1 radical (unpaired) electrons. The summed E-state index contributed by atoms with van der Waals surface area (Å²) in [5.41, 5.74) is 0.625. The SMILES string of the molecule is CC1=C(C)C(=O)[N+](O)C1=O. The summed E-state index contributed by atoms with van der Waals surface area (Å²) in [7, 11) is 0. The van der Waals surface area contributed by atoms with Gasteiger partial charge < -0.3 is 0 Å². The van der Waals surface area contributed by atoms with E-state index in [1.807, 2.05) is 0 Å². The molecule has 0 atom stereocenters. The Hall–Kier alpha value is -1.00. The first-order valence-electron chi connectivity index (χ1n) is 2.81. The second-order valence-electron chi connectivity index (χ2n) is 2.17. The van der Waals surface area contributed by atoms with Crippen molar-refractivity contribution >= 4 is 11.8 Å². The lowest BCUT2D eigenvalue weighted by Crippen LogP contribution is -2.33. The van der Waals surface area contributed by atoms with Crippen LogP contribution in [0.5, 0.6) is 0 Å². The van der Waals surface area contributed by atoms with E-state index >= 15 is 0 Å². The number of nitrogens with zero attached hydrogens (tertiary/aromatic N) is 1. The molecule has 1 aliphatic heterocycles. The maximum atomic E-state index is 10.7. The van der Waals surface area contributed by atoms with Crippen molar-refractivity contribution in [1.82, 2.24) is 5.06 Å². The molecule has 1 aliphatic rings. The summed E-state index contributed by atoms with van der Waals surface area (Å²) in [5, 5.41) is 8.83. The maximum Gasteiger partial charge on any atom is 0.435 e. The van der Waals surface area contributed by atoms with E-state index in [1.54, 1.807) is 0 Å². The lowest BCUT2D eigenvalue weighted by atomic mass is 10.2. The highest BCUT2D eigenvalue weighted by molar-refractivity contribution is 6.20. The Morgan fingerprint density at radius 2 is 1.40 bits per heavy atom. The molecule has 0 saturated carbocycles. The van der Waals surface area contributed by atoms with Gasteiger partial charge in [-0.3, -0.25) is 0 Å². The van der Waals surface area contributed by atoms with Crippen molar-refractivity contribution in [3.63, 3.8) is 0 Å². The monoisotopic (exact) mass is 141 g/mol. The number of amides is 2. The van der Waals surface area contributed by atoms with Gasteiger partial charge in [-0.25, -0.2) is 9.59 Å². The van der Waals surface area contributed by atoms with E-state index in [4.69, 9.17) is 5.21 Å². The van der Waals surface area contributed by atoms with Gasteiger partial charge in [-0.05, 0) is 13.8 Å². The zero-order valence-electron chi connectivity index (χ0n) is 5.71. The summed E-state index contributed by atoms with van der Waals surface area (Å²) < 4.78 is 0. The largest absolute Gasteiger partial charge is 0.435 e. The minimum absolute atomic E-state index is 0.130. The molecule has 0 aromatic rings. The third kappa shape index (κ3) is 0.698. The van der Waals surface area contributed by atoms with Gasteiger partial charge in [0.25, 0.3) is 0 Å². The third-order valence-corrected chi connectivity index (χ3v) is 1.59. The van der Waals surface area contributed by atoms with Gasteiger partial charge in [0, 0.05) is 0 Å². The fourth-order valence-corrected chi connectivity index (χ4v) is 0.731. The van der Waals surface area contributed by atoms with Crippen LogP contribution in [0.3, 0.4) is 0 Å². The topological polar surface area (TPSA) is 60.3 Å². The first-order valence-corrected chi connectivity index (χ1v) is 2.81. The molecule has 4 heteroatoms. The van der Waals surface area contributed by atoms with E-state index in [1.165, 1.54) is 13.8 Å². The van der Waals surface area contributed by atoms with Crippen molar-refractivity contribution in [3.8, 4) is 0 Å². The average Bonchev–Trinajstić information content (AvgIpc) is 2.07. The fourth-order valence-electron chi connectivity index (χ4n) is 0.731. The standard InChI is InChI=1S/C6H7NO3/c1-3-4(2)6(9)7(10)5(3)8/h10H,1-2H3/q+1. The van der Waals surface area contributed by atoms with Crippen molar-refractivity contribution in [2.45, 2.75) is 13.8 Å². The third-order valence-electron chi connectivity index (χ3n) is 1.59. The minimum atomic E-state index is -0.623. The van der Waals surface area contributed by atoms with E-state index in [9.17, 15) is 9.59 Å². The molecule has 0 spiro atoms. The number of rotatable bonds is 0. The van der Waals surface area contributed by atoms with Crippen molar-refractivity contribution in [2.24, 2.45) is 0 Å². The highest BCUT2D eigenvalue weighted by Crippen LogP contribution is 2.14. The molecule has 1 rings (SSSR count). The van der Waals surface area contributed by atoms with Crippen LogP contribution >= 0.6 is 0 Å². The summed E-state index contributed by atoms with van der Waals surface area (Å²) in [6.45, 7) is 3.01. The average molecular weight is 141 g/mol. The van der Waals surface area contributed by atoms with Gasteiger partial charge in [0.1, 0.15) is 5.06 Å². The van der Waals surface area contributed by atoms with E-state index in [2.05, 4.69) is 0 Å². The van der Waals surface area contributed by atoms with Gasteiger partial charge in [0.15, 0.2) is 0 Å². The number of hydrogen-bond acceptors (Lipinski definition) is 3. The molecule has 4 nitrogen and oxygen atoms in total. The second-order valence-corrected chi connectivity index (χ2v) is 2.17. The summed E-state index contributed by atoms with van der Waals surface area (Å²) in [6, 6.07) is 0. The quantitative estimate of drug-likeness (QED) is 0.291. The summed E-state index contributed by atoms with van der Waals surface area (Å²) in [4.78, 5) is 21.4. The van der Waals surface area contributed by atoms with Crippen molar-refractivity contribution in [2.75, 3.05) is 0 Å². The molecule has 1 N–H and O–H groups in total. The number of carbonyl (C=O) groups is 2. The van der Waals surface area contributed by atoms with Crippen LogP contribution in [0.25, 0.3) is 0 Å². The molecule has 0 saturated heterocycles. The molecule has 10 heavy (non-hydrogen) atoms. The lowest BCUT2D eigenvalue weighted by Gasteiger charge is -1.82. The summed E-state index contributed by atoms with van der Waals surface area (Å²) in [5.74, 6) is -1.25. The fraction of sp³-hybridized carbons (Fsp3) is 0.333. The molecule has 1 heterocycles. The molecule has 0 aliphatic carbocycles. The number of hydrogen-bond donors (Lipinski definition) is 1. The van der Waals surface area contributed by atoms with Crippen LogP contribution in [-0.4, -0.2) is 17.0 Å². The van der Waals surface area contributed by atoms with Gasteiger partial charge in [-0.1, -0.05) is 0 Å². The molecule has 0 bridgehead atoms. The number of imide groups is 1. The molecule has 0 fully saturated rings. The van der Waals surface area contributed by atoms with Crippen molar-refractivity contribution < 1.29 is 14.8 Å². The molecule has 0 aromatic heterocycles. The lowest BCUT2D eigenvalue weighted by molar-refractivity contribution is -0.150. The minimum Gasteiger partial charge on any atom is -0.216 e. The number of carbonyl (C=O) groups excluding carboxylic acids is 2. The zero-order valence-corrected chi connectivity index (χ0v) is 5.71. The predicted octanol–water partition coefficient (Wildman–Crippen LogP) is -0.0811. The number of hydroxylamine groups is 2. The second kappa shape index (κ2) is 2.00. The first-order chi connectivity index (χ1) is 4.55. The van der Waals surface area contributed by atoms with Crippen LogP contribution in [-0.2, 0) is 9.59 Å². The predicted molar refractivity (Wildman–Crippen MR) is 32.3 cm³/mol. The van der Waals surface area contributed by atoms with Gasteiger partial charge in [-0.15, -0.1) is 5.21 Å². The molecule has 53 valence electrons. The molecular formula is C6H7NO3+. The van der Waals surface area contributed by atoms with E-state index < -0.39 is 11.8 Å². The van der Waals surface area contributed by atoms with Crippen LogP contribution in [0.1, 0.15) is 13.8 Å². The smallest absolute Gasteiger partial charge is 0.216 e. The van der Waals surface area contributed by atoms with E-state index in [0.29, 0.717) is 11.1 Å². The van der Waals surface area contributed by atoms with E-state index in [-0.39, 0.29) is 5.06 Å². The van der Waals surface area contributed by atoms with Gasteiger partial charge in [0.05, 0.1) is 11.1 Å². The molecule has 0 unspecified atom stereocenters. The summed E-state index contributed by atoms with van der Waals surface area (Å²) in [6.07, 6.45) is 0. The molecule has 2 amide bonds. The van der Waals surface area contributed by atoms with Gasteiger partial charge in [0.2, 0.25) is 0 Å².